The van der Waals surface area contributed by atoms with Crippen LogP contribution in [0.2, 0.25) is 0 Å². The number of nitrogens with one attached hydrogen (secondary N) is 2. The minimum Gasteiger partial charge on any atom is -0.396 e. The summed E-state index contributed by atoms with van der Waals surface area (Å²) in [5, 5.41) is 15.0. The van der Waals surface area contributed by atoms with Crippen LogP contribution in [0.1, 0.15) is 27.2 Å². The van der Waals surface area contributed by atoms with Crippen molar-refractivity contribution in [1.82, 2.24) is 14.9 Å². The lowest BCUT2D eigenvalue weighted by Gasteiger charge is -2.30. The van der Waals surface area contributed by atoms with Crippen LogP contribution >= 0.6 is 0 Å². The van der Waals surface area contributed by atoms with Crippen LogP contribution in [0.4, 0.5) is 0 Å². The van der Waals surface area contributed by atoms with Crippen LogP contribution in [0.5, 0.6) is 0 Å². The fourth-order valence-corrected chi connectivity index (χ4v) is 2.82. The molecule has 7 heteroatoms. The zero-order valence-corrected chi connectivity index (χ0v) is 11.1. The predicted octanol–water partition coefficient (Wildman–Crippen LogP) is 0.485. The highest BCUT2D eigenvalue weighted by Gasteiger charge is 2.29. The molecule has 17 heavy (non-hydrogen) atoms. The summed E-state index contributed by atoms with van der Waals surface area (Å²) in [6.45, 7) is 5.71. The standard InChI is InChI=1S/C10H19N3O3S/c1-10(2,3)9(4-5-14)13-17(15,16)8-6-11-12-7-8/h6-7,9,13-14H,4-5H2,1-3H3,(H,11,12). The maximum absolute atomic E-state index is 12.0. The van der Waals surface area contributed by atoms with E-state index in [0.29, 0.717) is 6.42 Å². The zero-order chi connectivity index (χ0) is 13.1. The van der Waals surface area contributed by atoms with Gasteiger partial charge in [-0.1, -0.05) is 20.8 Å². The van der Waals surface area contributed by atoms with Crippen LogP contribution in [0.15, 0.2) is 17.3 Å². The van der Waals surface area contributed by atoms with E-state index in [4.69, 9.17) is 5.11 Å². The number of hydrogen-bond acceptors (Lipinski definition) is 4. The average Bonchev–Trinajstić information content (AvgIpc) is 2.68. The molecule has 1 heterocycles. The van der Waals surface area contributed by atoms with Crippen molar-refractivity contribution in [1.29, 1.82) is 0 Å². The summed E-state index contributed by atoms with van der Waals surface area (Å²) in [6.07, 6.45) is 2.95. The van der Waals surface area contributed by atoms with Gasteiger partial charge in [0.2, 0.25) is 10.0 Å². The average molecular weight is 261 g/mol. The van der Waals surface area contributed by atoms with E-state index in [1.54, 1.807) is 0 Å². The SMILES string of the molecule is CC(C)(C)C(CCO)NS(=O)(=O)c1cn[nH]c1. The number of aromatic amines is 1. The van der Waals surface area contributed by atoms with Crippen LogP contribution in [0.25, 0.3) is 0 Å². The van der Waals surface area contributed by atoms with E-state index in [1.807, 2.05) is 20.8 Å². The topological polar surface area (TPSA) is 95.1 Å². The van der Waals surface area contributed by atoms with Crippen molar-refractivity contribution in [3.05, 3.63) is 12.4 Å². The summed E-state index contributed by atoms with van der Waals surface area (Å²) in [4.78, 5) is 0.102. The first-order valence-electron chi connectivity index (χ1n) is 5.39. The van der Waals surface area contributed by atoms with Crippen LogP contribution in [0.3, 0.4) is 0 Å². The molecule has 0 aromatic carbocycles. The lowest BCUT2D eigenvalue weighted by molar-refractivity contribution is 0.214. The van der Waals surface area contributed by atoms with Crippen LogP contribution < -0.4 is 4.72 Å². The van der Waals surface area contributed by atoms with Gasteiger partial charge in [-0.25, -0.2) is 13.1 Å². The Bertz CT molecular complexity index is 434. The number of aromatic nitrogens is 2. The first-order valence-corrected chi connectivity index (χ1v) is 6.87. The Morgan fingerprint density at radius 1 is 1.53 bits per heavy atom. The first-order chi connectivity index (χ1) is 7.77. The summed E-state index contributed by atoms with van der Waals surface area (Å²) in [7, 11) is -3.58. The summed E-state index contributed by atoms with van der Waals surface area (Å²) in [6, 6.07) is -0.326. The van der Waals surface area contributed by atoms with Gasteiger partial charge in [-0.15, -0.1) is 0 Å². The summed E-state index contributed by atoms with van der Waals surface area (Å²) in [5.41, 5.74) is -0.264. The molecule has 0 bridgehead atoms. The third-order valence-corrected chi connectivity index (χ3v) is 3.98. The van der Waals surface area contributed by atoms with Gasteiger partial charge in [0, 0.05) is 18.8 Å². The van der Waals surface area contributed by atoms with E-state index in [-0.39, 0.29) is 23.0 Å². The van der Waals surface area contributed by atoms with Gasteiger partial charge in [-0.05, 0) is 11.8 Å². The van der Waals surface area contributed by atoms with Gasteiger partial charge < -0.3 is 5.11 Å². The van der Waals surface area contributed by atoms with Gasteiger partial charge in [-0.3, -0.25) is 5.10 Å². The Hall–Kier alpha value is -0.920. The van der Waals surface area contributed by atoms with Gasteiger partial charge in [0.15, 0.2) is 0 Å². The largest absolute Gasteiger partial charge is 0.396 e. The van der Waals surface area contributed by atoms with Crippen LogP contribution in [0, 0.1) is 5.41 Å². The minimum absolute atomic E-state index is 0.0597. The first kappa shape index (κ1) is 14.1. The molecule has 6 nitrogen and oxygen atoms in total. The number of nitrogens with zero attached hydrogens (tertiary/aromatic N) is 1. The molecule has 0 saturated carbocycles. The highest BCUT2D eigenvalue weighted by molar-refractivity contribution is 7.89. The Kier molecular flexibility index (Phi) is 4.29. The van der Waals surface area contributed by atoms with E-state index >= 15 is 0 Å². The Morgan fingerprint density at radius 2 is 2.18 bits per heavy atom. The third-order valence-electron chi connectivity index (χ3n) is 2.54. The molecular weight excluding hydrogens is 242 g/mol. The van der Waals surface area contributed by atoms with E-state index in [2.05, 4.69) is 14.9 Å². The second kappa shape index (κ2) is 5.16. The molecule has 0 aliphatic heterocycles. The van der Waals surface area contributed by atoms with Gasteiger partial charge in [0.25, 0.3) is 0 Å². The lowest BCUT2D eigenvalue weighted by Crippen LogP contribution is -2.44. The molecule has 0 fully saturated rings. The fraction of sp³-hybridized carbons (Fsp3) is 0.700. The molecule has 0 aliphatic carbocycles. The molecule has 1 unspecified atom stereocenters. The zero-order valence-electron chi connectivity index (χ0n) is 10.3. The number of H-pyrrole nitrogens is 1. The quantitative estimate of drug-likeness (QED) is 0.718. The summed E-state index contributed by atoms with van der Waals surface area (Å²) in [5.74, 6) is 0. The second-order valence-electron chi connectivity index (χ2n) is 4.99. The lowest BCUT2D eigenvalue weighted by atomic mass is 9.86. The summed E-state index contributed by atoms with van der Waals surface area (Å²) >= 11 is 0. The van der Waals surface area contributed by atoms with Crippen LogP contribution in [-0.2, 0) is 10.0 Å². The van der Waals surface area contributed by atoms with Crippen molar-refractivity contribution in [3.8, 4) is 0 Å². The molecule has 0 saturated heterocycles. The van der Waals surface area contributed by atoms with Gasteiger partial charge in [0.1, 0.15) is 4.90 Å². The highest BCUT2D eigenvalue weighted by Crippen LogP contribution is 2.23. The molecular formula is C10H19N3O3S. The molecule has 1 aromatic heterocycles. The monoisotopic (exact) mass is 261 g/mol. The highest BCUT2D eigenvalue weighted by atomic mass is 32.2. The maximum atomic E-state index is 12.0. The van der Waals surface area contributed by atoms with Crippen molar-refractivity contribution in [2.24, 2.45) is 5.41 Å². The van der Waals surface area contributed by atoms with Crippen molar-refractivity contribution in [3.63, 3.8) is 0 Å². The number of hydrogen-bond donors (Lipinski definition) is 3. The Labute approximate surface area is 101 Å². The van der Waals surface area contributed by atoms with E-state index in [9.17, 15) is 8.42 Å². The fourth-order valence-electron chi connectivity index (χ4n) is 1.44. The smallest absolute Gasteiger partial charge is 0.243 e. The molecule has 1 rings (SSSR count). The molecule has 0 amide bonds. The molecule has 1 aromatic rings. The van der Waals surface area contributed by atoms with Crippen molar-refractivity contribution < 1.29 is 13.5 Å². The molecule has 98 valence electrons. The van der Waals surface area contributed by atoms with Crippen molar-refractivity contribution in [2.45, 2.75) is 38.1 Å². The van der Waals surface area contributed by atoms with Gasteiger partial charge in [-0.2, -0.15) is 5.10 Å². The Morgan fingerprint density at radius 3 is 2.59 bits per heavy atom. The van der Waals surface area contributed by atoms with E-state index in [1.165, 1.54) is 12.4 Å². The minimum atomic E-state index is -3.58. The number of rotatable bonds is 5. The molecule has 1 atom stereocenters. The van der Waals surface area contributed by atoms with Crippen molar-refractivity contribution >= 4 is 10.0 Å². The van der Waals surface area contributed by atoms with Gasteiger partial charge in [0.05, 0.1) is 6.20 Å². The number of aliphatic hydroxyl groups excluding tert-OH is 1. The van der Waals surface area contributed by atoms with Crippen molar-refractivity contribution in [2.75, 3.05) is 6.61 Å². The molecule has 0 radical (unpaired) electrons. The van der Waals surface area contributed by atoms with Gasteiger partial charge >= 0.3 is 0 Å². The Balaban J connectivity index is 2.88. The van der Waals surface area contributed by atoms with Crippen LogP contribution in [-0.4, -0.2) is 36.4 Å². The second-order valence-corrected chi connectivity index (χ2v) is 6.70. The molecule has 0 spiro atoms. The maximum Gasteiger partial charge on any atom is 0.243 e. The third kappa shape index (κ3) is 3.79. The number of sulfonamides is 1. The van der Waals surface area contributed by atoms with E-state index in [0.717, 1.165) is 0 Å². The summed E-state index contributed by atoms with van der Waals surface area (Å²) < 4.78 is 26.5. The van der Waals surface area contributed by atoms with E-state index < -0.39 is 10.0 Å². The molecule has 3 N–H and O–H groups in total. The molecule has 0 aliphatic rings. The normalized spacial score (nSPS) is 14.8. The predicted molar refractivity (Wildman–Crippen MR) is 63.9 cm³/mol. The number of aliphatic hydroxyl groups is 1.